The molecule has 0 unspecified atom stereocenters. The first-order valence-corrected chi connectivity index (χ1v) is 9.44. The summed E-state index contributed by atoms with van der Waals surface area (Å²) >= 11 is 0. The summed E-state index contributed by atoms with van der Waals surface area (Å²) in [6, 6.07) is 3.85. The summed E-state index contributed by atoms with van der Waals surface area (Å²) in [7, 11) is 1.78. The Bertz CT molecular complexity index is 890. The molecule has 0 atom stereocenters. The molecule has 0 radical (unpaired) electrons. The molecule has 2 aromatic heterocycles. The van der Waals surface area contributed by atoms with Gasteiger partial charge in [0, 0.05) is 19.2 Å². The van der Waals surface area contributed by atoms with E-state index in [1.807, 2.05) is 6.92 Å². The first kappa shape index (κ1) is 17.0. The number of aromatic nitrogens is 4. The SMILES string of the molecule is Cc1cc(C(=O)NC2CCC(n3nc4c(cc3=O)CCC4)CC2)n(C)n1. The Labute approximate surface area is 152 Å². The van der Waals surface area contributed by atoms with Crippen LogP contribution in [0.2, 0.25) is 0 Å². The molecular formula is C19H25N5O2. The molecule has 2 aromatic rings. The lowest BCUT2D eigenvalue weighted by Gasteiger charge is -2.29. The van der Waals surface area contributed by atoms with Crippen LogP contribution in [-0.4, -0.2) is 31.5 Å². The predicted molar refractivity (Wildman–Crippen MR) is 97.2 cm³/mol. The van der Waals surface area contributed by atoms with Crippen LogP contribution in [0.3, 0.4) is 0 Å². The van der Waals surface area contributed by atoms with Crippen molar-refractivity contribution in [2.75, 3.05) is 0 Å². The molecule has 0 aliphatic heterocycles. The highest BCUT2D eigenvalue weighted by Gasteiger charge is 2.27. The van der Waals surface area contributed by atoms with E-state index in [2.05, 4.69) is 15.5 Å². The highest BCUT2D eigenvalue weighted by Crippen LogP contribution is 2.28. The van der Waals surface area contributed by atoms with Crippen molar-refractivity contribution in [1.29, 1.82) is 0 Å². The average molecular weight is 355 g/mol. The van der Waals surface area contributed by atoms with Gasteiger partial charge >= 0.3 is 0 Å². The van der Waals surface area contributed by atoms with E-state index in [4.69, 9.17) is 0 Å². The summed E-state index contributed by atoms with van der Waals surface area (Å²) in [5.74, 6) is -0.0793. The summed E-state index contributed by atoms with van der Waals surface area (Å²) in [5.41, 5.74) is 3.65. The van der Waals surface area contributed by atoms with Crippen LogP contribution in [0.4, 0.5) is 0 Å². The van der Waals surface area contributed by atoms with Crippen LogP contribution in [0, 0.1) is 6.92 Å². The predicted octanol–water partition coefficient (Wildman–Crippen LogP) is 1.69. The number of rotatable bonds is 3. The van der Waals surface area contributed by atoms with E-state index < -0.39 is 0 Å². The molecule has 0 bridgehead atoms. The van der Waals surface area contributed by atoms with Gasteiger partial charge in [-0.15, -0.1) is 0 Å². The van der Waals surface area contributed by atoms with E-state index >= 15 is 0 Å². The van der Waals surface area contributed by atoms with E-state index in [1.54, 1.807) is 28.5 Å². The van der Waals surface area contributed by atoms with Crippen molar-refractivity contribution in [2.24, 2.45) is 7.05 Å². The number of carbonyl (C=O) groups is 1. The lowest BCUT2D eigenvalue weighted by molar-refractivity contribution is 0.0911. The smallest absolute Gasteiger partial charge is 0.269 e. The fourth-order valence-corrected chi connectivity index (χ4v) is 4.22. The van der Waals surface area contributed by atoms with Crippen molar-refractivity contribution in [3.63, 3.8) is 0 Å². The van der Waals surface area contributed by atoms with Gasteiger partial charge in [-0.2, -0.15) is 10.2 Å². The molecule has 26 heavy (non-hydrogen) atoms. The third-order valence-electron chi connectivity index (χ3n) is 5.59. The molecule has 2 heterocycles. The van der Waals surface area contributed by atoms with Crippen LogP contribution in [0.15, 0.2) is 16.9 Å². The monoisotopic (exact) mass is 355 g/mol. The highest BCUT2D eigenvalue weighted by atomic mass is 16.2. The topological polar surface area (TPSA) is 81.8 Å². The van der Waals surface area contributed by atoms with Crippen molar-refractivity contribution in [3.8, 4) is 0 Å². The minimum absolute atomic E-state index is 0.0171. The fraction of sp³-hybridized carbons (Fsp3) is 0.579. The Morgan fingerprint density at radius 1 is 1.15 bits per heavy atom. The van der Waals surface area contributed by atoms with Gasteiger partial charge in [0.2, 0.25) is 0 Å². The molecule has 2 aliphatic carbocycles. The molecule has 138 valence electrons. The summed E-state index contributed by atoms with van der Waals surface area (Å²) in [6.07, 6.45) is 6.49. The van der Waals surface area contributed by atoms with E-state index in [0.29, 0.717) is 5.69 Å². The second kappa shape index (κ2) is 6.70. The molecule has 1 fully saturated rings. The third-order valence-corrected chi connectivity index (χ3v) is 5.59. The number of amides is 1. The molecule has 7 heteroatoms. The highest BCUT2D eigenvalue weighted by molar-refractivity contribution is 5.92. The van der Waals surface area contributed by atoms with E-state index in [0.717, 1.165) is 61.9 Å². The van der Waals surface area contributed by atoms with Gasteiger partial charge in [0.1, 0.15) is 5.69 Å². The van der Waals surface area contributed by atoms with Crippen molar-refractivity contribution >= 4 is 5.91 Å². The van der Waals surface area contributed by atoms with Gasteiger partial charge in [0.05, 0.1) is 17.4 Å². The molecule has 1 N–H and O–H groups in total. The third kappa shape index (κ3) is 3.18. The Morgan fingerprint density at radius 2 is 1.92 bits per heavy atom. The quantitative estimate of drug-likeness (QED) is 0.908. The maximum atomic E-state index is 12.4. The summed E-state index contributed by atoms with van der Waals surface area (Å²) in [6.45, 7) is 1.88. The van der Waals surface area contributed by atoms with Crippen LogP contribution in [0.1, 0.15) is 65.6 Å². The van der Waals surface area contributed by atoms with Gasteiger partial charge in [-0.1, -0.05) is 0 Å². The number of nitrogens with one attached hydrogen (secondary N) is 1. The number of hydrogen-bond acceptors (Lipinski definition) is 4. The second-order valence-corrected chi connectivity index (χ2v) is 7.53. The fourth-order valence-electron chi connectivity index (χ4n) is 4.22. The molecule has 4 rings (SSSR count). The zero-order valence-electron chi connectivity index (χ0n) is 15.4. The summed E-state index contributed by atoms with van der Waals surface area (Å²) in [5, 5.41) is 12.0. The van der Waals surface area contributed by atoms with Crippen molar-refractivity contribution < 1.29 is 4.79 Å². The van der Waals surface area contributed by atoms with E-state index in [9.17, 15) is 9.59 Å². The van der Waals surface area contributed by atoms with Crippen LogP contribution >= 0.6 is 0 Å². The van der Waals surface area contributed by atoms with Gasteiger partial charge in [-0.3, -0.25) is 14.3 Å². The minimum Gasteiger partial charge on any atom is -0.348 e. The number of fused-ring (bicyclic) bond motifs is 1. The van der Waals surface area contributed by atoms with Crippen LogP contribution in [0.25, 0.3) is 0 Å². The summed E-state index contributed by atoms with van der Waals surface area (Å²) < 4.78 is 3.30. The average Bonchev–Trinajstić information content (AvgIpc) is 3.20. The largest absolute Gasteiger partial charge is 0.348 e. The van der Waals surface area contributed by atoms with Gasteiger partial charge in [0.15, 0.2) is 0 Å². The van der Waals surface area contributed by atoms with Gasteiger partial charge in [0.25, 0.3) is 11.5 Å². The Hall–Kier alpha value is -2.44. The Balaban J connectivity index is 1.39. The minimum atomic E-state index is -0.0793. The Morgan fingerprint density at radius 3 is 2.62 bits per heavy atom. The lowest BCUT2D eigenvalue weighted by atomic mass is 9.91. The maximum absolute atomic E-state index is 12.4. The maximum Gasteiger partial charge on any atom is 0.269 e. The van der Waals surface area contributed by atoms with Gasteiger partial charge < -0.3 is 5.32 Å². The van der Waals surface area contributed by atoms with E-state index in [-0.39, 0.29) is 23.6 Å². The van der Waals surface area contributed by atoms with Crippen LogP contribution in [0.5, 0.6) is 0 Å². The molecule has 1 amide bonds. The first-order chi connectivity index (χ1) is 12.5. The van der Waals surface area contributed by atoms with E-state index in [1.165, 1.54) is 0 Å². The van der Waals surface area contributed by atoms with Crippen molar-refractivity contribution in [2.45, 2.75) is 64.0 Å². The van der Waals surface area contributed by atoms with Crippen LogP contribution < -0.4 is 10.9 Å². The summed E-state index contributed by atoms with van der Waals surface area (Å²) in [4.78, 5) is 24.8. The molecule has 7 nitrogen and oxygen atoms in total. The normalized spacial score (nSPS) is 22.2. The van der Waals surface area contributed by atoms with Gasteiger partial charge in [-0.25, -0.2) is 4.68 Å². The molecule has 0 spiro atoms. The molecular weight excluding hydrogens is 330 g/mol. The van der Waals surface area contributed by atoms with Gasteiger partial charge in [-0.05, 0) is 63.5 Å². The Kier molecular flexibility index (Phi) is 4.38. The van der Waals surface area contributed by atoms with Crippen LogP contribution in [-0.2, 0) is 19.9 Å². The van der Waals surface area contributed by atoms with Crippen molar-refractivity contribution in [3.05, 3.63) is 45.1 Å². The zero-order valence-corrected chi connectivity index (χ0v) is 15.4. The number of aryl methyl sites for hydroxylation is 4. The molecule has 0 saturated heterocycles. The molecule has 2 aliphatic rings. The number of nitrogens with zero attached hydrogens (tertiary/aromatic N) is 4. The zero-order chi connectivity index (χ0) is 18.3. The number of carbonyl (C=O) groups excluding carboxylic acids is 1. The molecule has 1 saturated carbocycles. The number of hydrogen-bond donors (Lipinski definition) is 1. The van der Waals surface area contributed by atoms with Crippen molar-refractivity contribution in [1.82, 2.24) is 24.9 Å². The lowest BCUT2D eigenvalue weighted by Crippen LogP contribution is -2.40. The standard InChI is InChI=1S/C19H25N5O2/c1-12-10-17(23(2)21-12)19(26)20-14-6-8-15(9-7-14)24-18(25)11-13-4-3-5-16(13)22-24/h10-11,14-15H,3-9H2,1-2H3,(H,20,26). The molecule has 0 aromatic carbocycles. The first-order valence-electron chi connectivity index (χ1n) is 9.44. The second-order valence-electron chi connectivity index (χ2n) is 7.53.